The van der Waals surface area contributed by atoms with E-state index in [4.69, 9.17) is 9.47 Å². The summed E-state index contributed by atoms with van der Waals surface area (Å²) in [6.07, 6.45) is -4.23. The zero-order valence-corrected chi connectivity index (χ0v) is 23.5. The predicted octanol–water partition coefficient (Wildman–Crippen LogP) is 6.31. The highest BCUT2D eigenvalue weighted by molar-refractivity contribution is 9.10. The number of aromatic nitrogens is 2. The van der Waals surface area contributed by atoms with Crippen LogP contribution in [0.1, 0.15) is 11.1 Å². The Kier molecular flexibility index (Phi) is 9.04. The first-order valence-electron chi connectivity index (χ1n) is 11.7. The Morgan fingerprint density at radius 2 is 1.73 bits per heavy atom. The molecule has 4 rings (SSSR count). The van der Waals surface area contributed by atoms with Gasteiger partial charge in [0.25, 0.3) is 5.56 Å². The number of halogens is 5. The third-order valence-corrected chi connectivity index (χ3v) is 7.34. The van der Waals surface area contributed by atoms with Crippen molar-refractivity contribution >= 4 is 50.2 Å². The molecule has 0 saturated heterocycles. The summed E-state index contributed by atoms with van der Waals surface area (Å²) in [5.41, 5.74) is -0.329. The van der Waals surface area contributed by atoms with Gasteiger partial charge >= 0.3 is 6.18 Å². The number of carbonyl (C=O) groups excluding carboxylic acids is 1. The molecule has 0 aliphatic rings. The molecular weight excluding hydrogens is 618 g/mol. The molecule has 1 amide bonds. The van der Waals surface area contributed by atoms with Crippen LogP contribution in [0.2, 0.25) is 0 Å². The molecule has 0 atom stereocenters. The van der Waals surface area contributed by atoms with Crippen LogP contribution >= 0.6 is 27.7 Å². The van der Waals surface area contributed by atoms with Gasteiger partial charge in [-0.25, -0.2) is 9.37 Å². The normalized spacial score (nSPS) is 11.5. The van der Waals surface area contributed by atoms with E-state index in [0.29, 0.717) is 27.1 Å². The summed E-state index contributed by atoms with van der Waals surface area (Å²) in [5.74, 6) is -0.669. The number of ether oxygens (including phenoxy) is 2. The van der Waals surface area contributed by atoms with Gasteiger partial charge in [0.05, 0.1) is 42.1 Å². The molecule has 13 heteroatoms. The van der Waals surface area contributed by atoms with E-state index in [1.807, 2.05) is 0 Å². The lowest BCUT2D eigenvalue weighted by atomic mass is 10.1. The molecule has 0 aliphatic heterocycles. The van der Waals surface area contributed by atoms with Crippen LogP contribution in [-0.4, -0.2) is 35.4 Å². The molecule has 0 radical (unpaired) electrons. The fraction of sp³-hybridized carbons (Fsp3) is 0.222. The Hall–Kier alpha value is -3.58. The fourth-order valence-electron chi connectivity index (χ4n) is 3.84. The lowest BCUT2D eigenvalue weighted by molar-refractivity contribution is -0.137. The van der Waals surface area contributed by atoms with Crippen LogP contribution in [0.4, 0.5) is 23.2 Å². The number of alkyl halides is 3. The molecule has 0 aliphatic carbocycles. The molecule has 0 saturated carbocycles. The number of methoxy groups -OCH3 is 2. The van der Waals surface area contributed by atoms with Gasteiger partial charge in [-0.05, 0) is 48.4 Å². The number of anilines is 1. The van der Waals surface area contributed by atoms with Crippen LogP contribution in [0.15, 0.2) is 69.0 Å². The third-order valence-electron chi connectivity index (χ3n) is 5.87. The van der Waals surface area contributed by atoms with Gasteiger partial charge < -0.3 is 14.8 Å². The molecule has 1 heterocycles. The molecule has 7 nitrogen and oxygen atoms in total. The van der Waals surface area contributed by atoms with E-state index < -0.39 is 29.0 Å². The maximum atomic E-state index is 14.2. The van der Waals surface area contributed by atoms with E-state index in [-0.39, 0.29) is 34.9 Å². The van der Waals surface area contributed by atoms with Gasteiger partial charge in [0.15, 0.2) is 16.7 Å². The minimum absolute atomic E-state index is 0.00297. The summed E-state index contributed by atoms with van der Waals surface area (Å²) in [6.45, 7) is 0.0762. The van der Waals surface area contributed by atoms with E-state index in [1.54, 1.807) is 6.07 Å². The number of hydrogen-bond acceptors (Lipinski definition) is 6. The van der Waals surface area contributed by atoms with Crippen molar-refractivity contribution in [3.05, 3.63) is 86.4 Å². The maximum absolute atomic E-state index is 14.2. The van der Waals surface area contributed by atoms with E-state index >= 15 is 0 Å². The summed E-state index contributed by atoms with van der Waals surface area (Å²) in [4.78, 5) is 30.7. The zero-order chi connectivity index (χ0) is 29.0. The van der Waals surface area contributed by atoms with Crippen LogP contribution in [0.25, 0.3) is 10.9 Å². The van der Waals surface area contributed by atoms with Gasteiger partial charge in [0.2, 0.25) is 5.91 Å². The molecule has 210 valence electrons. The Labute approximate surface area is 238 Å². The fourth-order valence-corrected chi connectivity index (χ4v) is 5.00. The maximum Gasteiger partial charge on any atom is 0.416 e. The van der Waals surface area contributed by atoms with Crippen molar-refractivity contribution in [2.45, 2.75) is 24.3 Å². The van der Waals surface area contributed by atoms with Crippen molar-refractivity contribution in [2.24, 2.45) is 0 Å². The number of carbonyl (C=O) groups is 1. The summed E-state index contributed by atoms with van der Waals surface area (Å²) >= 11 is 4.12. The minimum atomic E-state index is -4.46. The van der Waals surface area contributed by atoms with Gasteiger partial charge in [0, 0.05) is 17.1 Å². The number of nitrogens with zero attached hydrogens (tertiary/aromatic N) is 2. The molecule has 0 spiro atoms. The molecule has 0 unspecified atom stereocenters. The lowest BCUT2D eigenvalue weighted by Gasteiger charge is -2.15. The van der Waals surface area contributed by atoms with E-state index in [9.17, 15) is 27.2 Å². The topological polar surface area (TPSA) is 82.5 Å². The molecule has 40 heavy (non-hydrogen) atoms. The van der Waals surface area contributed by atoms with Gasteiger partial charge in [-0.15, -0.1) is 0 Å². The SMILES string of the molecule is COc1cc2nc(SCC(=O)Nc3ccc(Br)cc3F)n(CCc3ccc(C(F)(F)F)cc3)c(=O)c2cc1OC. The summed E-state index contributed by atoms with van der Waals surface area (Å²) in [6, 6.07) is 11.9. The second-order valence-electron chi connectivity index (χ2n) is 8.48. The van der Waals surface area contributed by atoms with Crippen molar-refractivity contribution in [1.82, 2.24) is 9.55 Å². The number of hydrogen-bond donors (Lipinski definition) is 1. The molecule has 4 aromatic rings. The summed E-state index contributed by atoms with van der Waals surface area (Å²) in [7, 11) is 2.87. The van der Waals surface area contributed by atoms with Crippen molar-refractivity contribution in [3.63, 3.8) is 0 Å². The Morgan fingerprint density at radius 3 is 2.35 bits per heavy atom. The van der Waals surface area contributed by atoms with E-state index in [0.717, 1.165) is 23.9 Å². The quantitative estimate of drug-likeness (QED) is 0.131. The molecule has 1 N–H and O–H groups in total. The van der Waals surface area contributed by atoms with Crippen LogP contribution < -0.4 is 20.3 Å². The van der Waals surface area contributed by atoms with Crippen LogP contribution in [0.5, 0.6) is 11.5 Å². The second kappa shape index (κ2) is 12.3. The smallest absolute Gasteiger partial charge is 0.416 e. The van der Waals surface area contributed by atoms with Crippen LogP contribution in [0, 0.1) is 5.82 Å². The number of nitrogens with one attached hydrogen (secondary N) is 1. The Bertz CT molecular complexity index is 1610. The predicted molar refractivity (Wildman–Crippen MR) is 148 cm³/mol. The molecular formula is C27H22BrF4N3O4S. The standard InChI is InChI=1S/C27H22BrF4N3O4S/c1-38-22-12-18-21(13-23(22)39-2)34-26(40-14-24(36)33-20-8-7-17(28)11-19(20)29)35(25(18)37)10-9-15-3-5-16(6-4-15)27(30,31)32/h3-8,11-13H,9-10,14H2,1-2H3,(H,33,36). The van der Waals surface area contributed by atoms with Crippen molar-refractivity contribution < 1.29 is 31.8 Å². The highest BCUT2D eigenvalue weighted by Gasteiger charge is 2.30. The number of amides is 1. The van der Waals surface area contributed by atoms with E-state index in [1.165, 1.54) is 55.2 Å². The van der Waals surface area contributed by atoms with Gasteiger partial charge in [-0.1, -0.05) is 39.8 Å². The average Bonchev–Trinajstić information content (AvgIpc) is 2.92. The lowest BCUT2D eigenvalue weighted by Crippen LogP contribution is -2.25. The minimum Gasteiger partial charge on any atom is -0.493 e. The number of aryl methyl sites for hydroxylation is 1. The summed E-state index contributed by atoms with van der Waals surface area (Å²) < 4.78 is 65.5. The van der Waals surface area contributed by atoms with Gasteiger partial charge in [-0.3, -0.25) is 14.2 Å². The number of fused-ring (bicyclic) bond motifs is 1. The number of benzene rings is 3. The Balaban J connectivity index is 1.64. The molecule has 0 bridgehead atoms. The molecule has 0 fully saturated rings. The first kappa shape index (κ1) is 29.4. The highest BCUT2D eigenvalue weighted by Crippen LogP contribution is 2.32. The highest BCUT2D eigenvalue weighted by atomic mass is 79.9. The first-order valence-corrected chi connectivity index (χ1v) is 13.5. The number of rotatable bonds is 9. The van der Waals surface area contributed by atoms with Crippen LogP contribution in [-0.2, 0) is 23.9 Å². The van der Waals surface area contributed by atoms with Crippen molar-refractivity contribution in [3.8, 4) is 11.5 Å². The zero-order valence-electron chi connectivity index (χ0n) is 21.1. The largest absolute Gasteiger partial charge is 0.493 e. The van der Waals surface area contributed by atoms with Crippen LogP contribution in [0.3, 0.4) is 0 Å². The van der Waals surface area contributed by atoms with Gasteiger partial charge in [0.1, 0.15) is 5.82 Å². The summed E-state index contributed by atoms with van der Waals surface area (Å²) in [5, 5.41) is 2.92. The Morgan fingerprint density at radius 1 is 1.05 bits per heavy atom. The molecule has 3 aromatic carbocycles. The van der Waals surface area contributed by atoms with Crippen molar-refractivity contribution in [2.75, 3.05) is 25.3 Å². The van der Waals surface area contributed by atoms with Gasteiger partial charge in [-0.2, -0.15) is 13.2 Å². The monoisotopic (exact) mass is 639 g/mol. The second-order valence-corrected chi connectivity index (χ2v) is 10.3. The third kappa shape index (κ3) is 6.76. The average molecular weight is 640 g/mol. The first-order chi connectivity index (χ1) is 19.0. The molecule has 1 aromatic heterocycles. The van der Waals surface area contributed by atoms with Crippen molar-refractivity contribution in [1.29, 1.82) is 0 Å². The van der Waals surface area contributed by atoms with E-state index in [2.05, 4.69) is 26.2 Å². The number of thioether (sulfide) groups is 1.